The number of hydrogen-bond acceptors (Lipinski definition) is 5. The lowest BCUT2D eigenvalue weighted by molar-refractivity contribution is 0.0942. The number of hydrogen-bond donors (Lipinski definition) is 1. The Hall–Kier alpha value is -3.32. The van der Waals surface area contributed by atoms with Crippen molar-refractivity contribution in [2.24, 2.45) is 0 Å². The van der Waals surface area contributed by atoms with Crippen LogP contribution in [0.15, 0.2) is 42.5 Å². The monoisotopic (exact) mass is 448 g/mol. The predicted molar refractivity (Wildman–Crippen MR) is 130 cm³/mol. The molecule has 2 aromatic carbocycles. The third-order valence-electron chi connectivity index (χ3n) is 6.12. The molecule has 0 spiro atoms. The summed E-state index contributed by atoms with van der Waals surface area (Å²) in [5.41, 5.74) is 5.06. The summed E-state index contributed by atoms with van der Waals surface area (Å²) < 4.78 is 12.6. The van der Waals surface area contributed by atoms with E-state index < -0.39 is 0 Å². The van der Waals surface area contributed by atoms with Crippen LogP contribution >= 0.6 is 0 Å². The van der Waals surface area contributed by atoms with E-state index in [2.05, 4.69) is 23.2 Å². The molecule has 1 aromatic heterocycles. The van der Waals surface area contributed by atoms with Crippen molar-refractivity contribution in [1.29, 1.82) is 0 Å². The van der Waals surface area contributed by atoms with Gasteiger partial charge in [0.05, 0.1) is 25.6 Å². The van der Waals surface area contributed by atoms with Gasteiger partial charge in [0.25, 0.3) is 5.91 Å². The highest BCUT2D eigenvalue weighted by molar-refractivity contribution is 5.94. The van der Waals surface area contributed by atoms with Crippen LogP contribution in [0.3, 0.4) is 0 Å². The Morgan fingerprint density at radius 2 is 1.82 bits per heavy atom. The molecule has 7 nitrogen and oxygen atoms in total. The van der Waals surface area contributed by atoms with Crippen molar-refractivity contribution in [1.82, 2.24) is 20.0 Å². The maximum absolute atomic E-state index is 13.2. The smallest absolute Gasteiger partial charge is 0.270 e. The van der Waals surface area contributed by atoms with E-state index in [1.807, 2.05) is 43.3 Å². The minimum absolute atomic E-state index is 0.139. The van der Waals surface area contributed by atoms with E-state index in [1.54, 1.807) is 18.9 Å². The molecule has 0 radical (unpaired) electrons. The molecule has 1 fully saturated rings. The van der Waals surface area contributed by atoms with Crippen LogP contribution in [0.4, 0.5) is 0 Å². The molecular formula is C26H32N4O3. The number of carbonyl (C=O) groups is 1. The second-order valence-corrected chi connectivity index (χ2v) is 8.49. The normalized spacial score (nSPS) is 13.8. The number of methoxy groups -OCH3 is 2. The van der Waals surface area contributed by atoms with Crippen LogP contribution in [-0.2, 0) is 0 Å². The van der Waals surface area contributed by atoms with Gasteiger partial charge in [-0.05, 0) is 69.6 Å². The van der Waals surface area contributed by atoms with Gasteiger partial charge in [0, 0.05) is 24.7 Å². The molecule has 0 atom stereocenters. The Balaban J connectivity index is 1.69. The lowest BCUT2D eigenvalue weighted by Gasteiger charge is -2.15. The highest BCUT2D eigenvalue weighted by Crippen LogP contribution is 2.33. The zero-order valence-corrected chi connectivity index (χ0v) is 19.9. The Bertz CT molecular complexity index is 1130. The van der Waals surface area contributed by atoms with Crippen molar-refractivity contribution in [3.8, 4) is 28.4 Å². The van der Waals surface area contributed by atoms with E-state index in [4.69, 9.17) is 14.6 Å². The predicted octanol–water partition coefficient (Wildman–Crippen LogP) is 4.00. The lowest BCUT2D eigenvalue weighted by Crippen LogP contribution is -2.34. The molecule has 7 heteroatoms. The molecular weight excluding hydrogens is 416 g/mol. The fraction of sp³-hybridized carbons (Fsp3) is 0.385. The van der Waals surface area contributed by atoms with Gasteiger partial charge in [0.15, 0.2) is 0 Å². The highest BCUT2D eigenvalue weighted by Gasteiger charge is 2.21. The molecule has 1 aliphatic heterocycles. The Morgan fingerprint density at radius 3 is 2.52 bits per heavy atom. The van der Waals surface area contributed by atoms with Crippen LogP contribution in [0, 0.1) is 13.8 Å². The fourth-order valence-electron chi connectivity index (χ4n) is 4.34. The van der Waals surface area contributed by atoms with E-state index in [9.17, 15) is 4.79 Å². The van der Waals surface area contributed by atoms with Gasteiger partial charge in [0.2, 0.25) is 0 Å². The first-order valence-corrected chi connectivity index (χ1v) is 11.4. The van der Waals surface area contributed by atoms with E-state index in [1.165, 1.54) is 12.8 Å². The average molecular weight is 449 g/mol. The molecule has 1 N–H and O–H groups in total. The summed E-state index contributed by atoms with van der Waals surface area (Å²) in [5.74, 6) is 1.20. The zero-order valence-electron chi connectivity index (χ0n) is 19.9. The van der Waals surface area contributed by atoms with E-state index in [0.717, 1.165) is 42.0 Å². The Morgan fingerprint density at radius 1 is 1.03 bits per heavy atom. The first kappa shape index (κ1) is 22.9. The van der Waals surface area contributed by atoms with Crippen LogP contribution in [0.5, 0.6) is 11.5 Å². The van der Waals surface area contributed by atoms with E-state index >= 15 is 0 Å². The number of nitrogens with one attached hydrogen (secondary N) is 1. The minimum atomic E-state index is -0.139. The number of carbonyl (C=O) groups excluding carboxylic acids is 1. The summed E-state index contributed by atoms with van der Waals surface area (Å²) >= 11 is 0. The number of nitrogens with zero attached hydrogens (tertiary/aromatic N) is 3. The van der Waals surface area contributed by atoms with Gasteiger partial charge < -0.3 is 19.7 Å². The van der Waals surface area contributed by atoms with Crippen LogP contribution < -0.4 is 14.8 Å². The molecule has 0 aliphatic carbocycles. The second-order valence-electron chi connectivity index (χ2n) is 8.49. The van der Waals surface area contributed by atoms with Crippen LogP contribution in [0.25, 0.3) is 16.9 Å². The van der Waals surface area contributed by atoms with E-state index in [-0.39, 0.29) is 5.91 Å². The average Bonchev–Trinajstić information content (AvgIpc) is 3.49. The summed E-state index contributed by atoms with van der Waals surface area (Å²) in [4.78, 5) is 15.6. The van der Waals surface area contributed by atoms with Gasteiger partial charge >= 0.3 is 0 Å². The van der Waals surface area contributed by atoms with Crippen molar-refractivity contribution in [2.45, 2.75) is 26.7 Å². The summed E-state index contributed by atoms with van der Waals surface area (Å²) in [5, 5.41) is 7.92. The van der Waals surface area contributed by atoms with Gasteiger partial charge in [-0.3, -0.25) is 4.79 Å². The Labute approximate surface area is 195 Å². The van der Waals surface area contributed by atoms with Gasteiger partial charge in [-0.1, -0.05) is 17.7 Å². The molecule has 0 unspecified atom stereocenters. The first-order chi connectivity index (χ1) is 16.0. The first-order valence-electron chi connectivity index (χ1n) is 11.4. The molecule has 0 bridgehead atoms. The molecule has 33 heavy (non-hydrogen) atoms. The van der Waals surface area contributed by atoms with Gasteiger partial charge in [-0.15, -0.1) is 0 Å². The molecule has 4 rings (SSSR count). The van der Waals surface area contributed by atoms with Gasteiger partial charge in [-0.2, -0.15) is 5.10 Å². The Kier molecular flexibility index (Phi) is 6.99. The summed E-state index contributed by atoms with van der Waals surface area (Å²) in [6.45, 7) is 7.78. The third kappa shape index (κ3) is 5.03. The molecule has 2 heterocycles. The fourth-order valence-corrected chi connectivity index (χ4v) is 4.34. The van der Waals surface area contributed by atoms with Crippen molar-refractivity contribution < 1.29 is 14.3 Å². The van der Waals surface area contributed by atoms with Crippen LogP contribution in [-0.4, -0.2) is 61.0 Å². The van der Waals surface area contributed by atoms with Crippen LogP contribution in [0.1, 0.15) is 34.5 Å². The van der Waals surface area contributed by atoms with Crippen molar-refractivity contribution in [2.75, 3.05) is 40.4 Å². The molecule has 1 amide bonds. The summed E-state index contributed by atoms with van der Waals surface area (Å²) in [6.07, 6.45) is 2.47. The minimum Gasteiger partial charge on any atom is -0.497 e. The molecule has 1 aliphatic rings. The number of aryl methyl sites for hydroxylation is 2. The lowest BCUT2D eigenvalue weighted by atomic mass is 10.1. The number of ether oxygens (including phenoxy) is 2. The maximum Gasteiger partial charge on any atom is 0.270 e. The zero-order chi connectivity index (χ0) is 23.4. The van der Waals surface area contributed by atoms with Crippen LogP contribution in [0.2, 0.25) is 0 Å². The number of rotatable bonds is 8. The third-order valence-corrected chi connectivity index (χ3v) is 6.12. The molecule has 174 valence electrons. The second kappa shape index (κ2) is 10.1. The van der Waals surface area contributed by atoms with Gasteiger partial charge in [-0.25, -0.2) is 4.68 Å². The highest BCUT2D eigenvalue weighted by atomic mass is 16.5. The van der Waals surface area contributed by atoms with E-state index in [0.29, 0.717) is 29.4 Å². The number of amides is 1. The standard InChI is InChI=1S/C26H32N4O3/c1-18-7-10-23(19(2)15-18)30-24(26(31)27-11-14-29-12-5-6-13-29)17-22(28-30)21-9-8-20(32-3)16-25(21)33-4/h7-10,15-17H,5-6,11-14H2,1-4H3,(H,27,31). The summed E-state index contributed by atoms with van der Waals surface area (Å²) in [6, 6.07) is 13.6. The number of likely N-dealkylation sites (tertiary alicyclic amines) is 1. The maximum atomic E-state index is 13.2. The molecule has 1 saturated heterocycles. The summed E-state index contributed by atoms with van der Waals surface area (Å²) in [7, 11) is 3.24. The number of benzene rings is 2. The quantitative estimate of drug-likeness (QED) is 0.564. The topological polar surface area (TPSA) is 68.6 Å². The van der Waals surface area contributed by atoms with Crippen molar-refractivity contribution >= 4 is 5.91 Å². The molecule has 0 saturated carbocycles. The van der Waals surface area contributed by atoms with Crippen molar-refractivity contribution in [3.63, 3.8) is 0 Å². The van der Waals surface area contributed by atoms with Gasteiger partial charge in [0.1, 0.15) is 17.2 Å². The van der Waals surface area contributed by atoms with Crippen molar-refractivity contribution in [3.05, 3.63) is 59.3 Å². The largest absolute Gasteiger partial charge is 0.497 e. The number of aromatic nitrogens is 2. The SMILES string of the molecule is COc1ccc(-c2cc(C(=O)NCCN3CCCC3)n(-c3ccc(C)cc3C)n2)c(OC)c1. The molecule has 3 aromatic rings.